The summed E-state index contributed by atoms with van der Waals surface area (Å²) in [6.07, 6.45) is 0.732. The van der Waals surface area contributed by atoms with Crippen LogP contribution in [0.25, 0.3) is 10.9 Å². The van der Waals surface area contributed by atoms with Crippen LogP contribution in [0.5, 0.6) is 0 Å². The van der Waals surface area contributed by atoms with E-state index in [-0.39, 0.29) is 5.97 Å². The van der Waals surface area contributed by atoms with Crippen LogP contribution in [0.2, 0.25) is 0 Å². The van der Waals surface area contributed by atoms with Crippen molar-refractivity contribution in [2.24, 2.45) is 5.73 Å². The molecule has 5 nitrogen and oxygen atoms in total. The van der Waals surface area contributed by atoms with Gasteiger partial charge >= 0.3 is 5.97 Å². The minimum Gasteiger partial charge on any atom is -0.462 e. The van der Waals surface area contributed by atoms with E-state index >= 15 is 0 Å². The predicted molar refractivity (Wildman–Crippen MR) is 101 cm³/mol. The third-order valence-corrected chi connectivity index (χ3v) is 4.44. The molecule has 0 aliphatic heterocycles. The summed E-state index contributed by atoms with van der Waals surface area (Å²) < 4.78 is 7.31. The van der Waals surface area contributed by atoms with Crippen LogP contribution in [0, 0.1) is 0 Å². The molecule has 0 saturated carbocycles. The molecule has 0 radical (unpaired) electrons. The molecular weight excluding hydrogens is 328 g/mol. The zero-order valence-corrected chi connectivity index (χ0v) is 15.0. The van der Waals surface area contributed by atoms with Crippen molar-refractivity contribution in [2.75, 3.05) is 6.61 Å². The zero-order chi connectivity index (χ0) is 18.7. The number of nitrogens with two attached hydrogens (primary N) is 1. The van der Waals surface area contributed by atoms with Gasteiger partial charge in [0.05, 0.1) is 12.2 Å². The summed E-state index contributed by atoms with van der Waals surface area (Å²) in [6, 6.07) is 15.1. The van der Waals surface area contributed by atoms with Crippen LogP contribution in [0.4, 0.5) is 0 Å². The van der Waals surface area contributed by atoms with Crippen molar-refractivity contribution in [3.05, 3.63) is 70.9 Å². The van der Waals surface area contributed by atoms with Gasteiger partial charge in [0.15, 0.2) is 0 Å². The molecule has 26 heavy (non-hydrogen) atoms. The van der Waals surface area contributed by atoms with Gasteiger partial charge in [-0.25, -0.2) is 4.79 Å². The number of primary amides is 1. The molecule has 0 aliphatic rings. The summed E-state index contributed by atoms with van der Waals surface area (Å²) in [7, 11) is 0. The summed E-state index contributed by atoms with van der Waals surface area (Å²) in [5, 5.41) is 1.01. The van der Waals surface area contributed by atoms with Crippen molar-refractivity contribution >= 4 is 22.8 Å². The Morgan fingerprint density at radius 1 is 1.00 bits per heavy atom. The summed E-state index contributed by atoms with van der Waals surface area (Å²) >= 11 is 0. The first-order valence-corrected chi connectivity index (χ1v) is 8.71. The van der Waals surface area contributed by atoms with Crippen LogP contribution >= 0.6 is 0 Å². The van der Waals surface area contributed by atoms with Gasteiger partial charge in [-0.3, -0.25) is 4.79 Å². The summed E-state index contributed by atoms with van der Waals surface area (Å²) in [5.41, 5.74) is 9.69. The van der Waals surface area contributed by atoms with Crippen LogP contribution in [0.15, 0.2) is 48.5 Å². The monoisotopic (exact) mass is 350 g/mol. The van der Waals surface area contributed by atoms with Gasteiger partial charge < -0.3 is 15.0 Å². The predicted octanol–water partition coefficient (Wildman–Crippen LogP) is 3.53. The molecule has 0 aliphatic carbocycles. The molecule has 1 amide bonds. The molecule has 1 heterocycles. The SMILES string of the molecule is CCOC(=O)c1ccc2c(c1)cc(Cc1ccc(C(N)=O)cc1)n2CC. The van der Waals surface area contributed by atoms with E-state index in [0.29, 0.717) is 17.7 Å². The Balaban J connectivity index is 1.94. The van der Waals surface area contributed by atoms with E-state index in [1.54, 1.807) is 25.1 Å². The van der Waals surface area contributed by atoms with Gasteiger partial charge in [-0.2, -0.15) is 0 Å². The maximum atomic E-state index is 12.0. The van der Waals surface area contributed by atoms with E-state index in [9.17, 15) is 9.59 Å². The molecule has 1 aromatic heterocycles. The molecule has 2 N–H and O–H groups in total. The topological polar surface area (TPSA) is 74.3 Å². The number of ether oxygens (including phenoxy) is 1. The Morgan fingerprint density at radius 3 is 2.31 bits per heavy atom. The third kappa shape index (κ3) is 3.47. The number of esters is 1. The highest BCUT2D eigenvalue weighted by Gasteiger charge is 2.12. The van der Waals surface area contributed by atoms with Crippen LogP contribution in [0.3, 0.4) is 0 Å². The van der Waals surface area contributed by atoms with E-state index in [0.717, 1.165) is 35.1 Å². The number of fused-ring (bicyclic) bond motifs is 1. The normalized spacial score (nSPS) is 10.8. The number of hydrogen-bond donors (Lipinski definition) is 1. The smallest absolute Gasteiger partial charge is 0.338 e. The lowest BCUT2D eigenvalue weighted by molar-refractivity contribution is 0.0526. The van der Waals surface area contributed by atoms with Crippen molar-refractivity contribution in [3.8, 4) is 0 Å². The zero-order valence-electron chi connectivity index (χ0n) is 15.0. The molecule has 5 heteroatoms. The van der Waals surface area contributed by atoms with Gasteiger partial charge in [0, 0.05) is 35.1 Å². The molecule has 0 spiro atoms. The Labute approximate surface area is 152 Å². The van der Waals surface area contributed by atoms with Gasteiger partial charge in [0.1, 0.15) is 0 Å². The number of carbonyl (C=O) groups is 2. The lowest BCUT2D eigenvalue weighted by Crippen LogP contribution is -2.10. The Hall–Kier alpha value is -3.08. The third-order valence-electron chi connectivity index (χ3n) is 4.44. The van der Waals surface area contributed by atoms with Crippen LogP contribution in [0.1, 0.15) is 45.8 Å². The Bertz CT molecular complexity index is 955. The number of aromatic nitrogens is 1. The number of aryl methyl sites for hydroxylation is 1. The maximum Gasteiger partial charge on any atom is 0.338 e. The van der Waals surface area contributed by atoms with E-state index in [1.165, 1.54) is 0 Å². The van der Waals surface area contributed by atoms with Crippen molar-refractivity contribution in [2.45, 2.75) is 26.8 Å². The highest BCUT2D eigenvalue weighted by atomic mass is 16.5. The Kier molecular flexibility index (Phi) is 5.07. The second-order valence-electron chi connectivity index (χ2n) is 6.11. The maximum absolute atomic E-state index is 12.0. The highest BCUT2D eigenvalue weighted by molar-refractivity contribution is 5.95. The average molecular weight is 350 g/mol. The number of rotatable bonds is 6. The first-order chi connectivity index (χ1) is 12.5. The van der Waals surface area contributed by atoms with Crippen molar-refractivity contribution in [1.82, 2.24) is 4.57 Å². The van der Waals surface area contributed by atoms with Crippen LogP contribution in [-0.4, -0.2) is 23.1 Å². The summed E-state index contributed by atoms with van der Waals surface area (Å²) in [5.74, 6) is -0.729. The second kappa shape index (κ2) is 7.44. The first kappa shape index (κ1) is 17.7. The molecule has 3 rings (SSSR count). The second-order valence-corrected chi connectivity index (χ2v) is 6.11. The summed E-state index contributed by atoms with van der Waals surface area (Å²) in [4.78, 5) is 23.2. The number of hydrogen-bond acceptors (Lipinski definition) is 3. The van der Waals surface area contributed by atoms with E-state index in [2.05, 4.69) is 17.6 Å². The quantitative estimate of drug-likeness (QED) is 0.691. The van der Waals surface area contributed by atoms with Crippen molar-refractivity contribution < 1.29 is 14.3 Å². The molecule has 0 atom stereocenters. The lowest BCUT2D eigenvalue weighted by atomic mass is 10.1. The fourth-order valence-electron chi connectivity index (χ4n) is 3.19. The van der Waals surface area contributed by atoms with Crippen molar-refractivity contribution in [1.29, 1.82) is 0 Å². The van der Waals surface area contributed by atoms with Gasteiger partial charge in [0.25, 0.3) is 0 Å². The van der Waals surface area contributed by atoms with Gasteiger partial charge in [-0.15, -0.1) is 0 Å². The molecule has 134 valence electrons. The fourth-order valence-corrected chi connectivity index (χ4v) is 3.19. The number of benzene rings is 2. The van der Waals surface area contributed by atoms with E-state index < -0.39 is 5.91 Å². The van der Waals surface area contributed by atoms with Crippen LogP contribution < -0.4 is 5.73 Å². The number of amides is 1. The fraction of sp³-hybridized carbons (Fsp3) is 0.238. The van der Waals surface area contributed by atoms with Gasteiger partial charge in [-0.1, -0.05) is 12.1 Å². The first-order valence-electron chi connectivity index (χ1n) is 8.71. The lowest BCUT2D eigenvalue weighted by Gasteiger charge is -2.09. The number of carbonyl (C=O) groups excluding carboxylic acids is 2. The van der Waals surface area contributed by atoms with E-state index in [4.69, 9.17) is 10.5 Å². The molecule has 0 fully saturated rings. The minimum absolute atomic E-state index is 0.303. The van der Waals surface area contributed by atoms with Gasteiger partial charge in [0.2, 0.25) is 5.91 Å². The molecule has 2 aromatic carbocycles. The number of nitrogens with zero attached hydrogens (tertiary/aromatic N) is 1. The van der Waals surface area contributed by atoms with Crippen LogP contribution in [-0.2, 0) is 17.7 Å². The summed E-state index contributed by atoms with van der Waals surface area (Å²) in [6.45, 7) is 5.08. The minimum atomic E-state index is -0.425. The van der Waals surface area contributed by atoms with E-state index in [1.807, 2.05) is 24.3 Å². The Morgan fingerprint density at radius 2 is 1.69 bits per heavy atom. The molecule has 3 aromatic rings. The largest absolute Gasteiger partial charge is 0.462 e. The highest BCUT2D eigenvalue weighted by Crippen LogP contribution is 2.24. The molecule has 0 saturated heterocycles. The molecular formula is C21H22N2O3. The van der Waals surface area contributed by atoms with Crippen molar-refractivity contribution in [3.63, 3.8) is 0 Å². The van der Waals surface area contributed by atoms with Gasteiger partial charge in [-0.05, 0) is 55.8 Å². The average Bonchev–Trinajstić information content (AvgIpc) is 2.98. The molecule has 0 bridgehead atoms. The molecule has 0 unspecified atom stereocenters. The standard InChI is InChI=1S/C21H22N2O3/c1-3-23-18(11-14-5-7-15(8-6-14)20(22)24)13-17-12-16(9-10-19(17)23)21(25)26-4-2/h5-10,12-13H,3-4,11H2,1-2H3,(H2,22,24).